The largest absolute Gasteiger partial charge is 0.474 e. The molecule has 2 rings (SSSR count). The van der Waals surface area contributed by atoms with Crippen molar-refractivity contribution < 1.29 is 14.3 Å². The number of nitrogens with zero attached hydrogens (tertiary/aromatic N) is 2. The predicted octanol–water partition coefficient (Wildman–Crippen LogP) is 2.48. The first-order chi connectivity index (χ1) is 8.56. The summed E-state index contributed by atoms with van der Waals surface area (Å²) in [5, 5.41) is 15.8. The van der Waals surface area contributed by atoms with Gasteiger partial charge in [0.2, 0.25) is 5.89 Å². The van der Waals surface area contributed by atoms with Gasteiger partial charge in [-0.1, -0.05) is 38.1 Å². The van der Waals surface area contributed by atoms with Gasteiger partial charge in [0, 0.05) is 0 Å². The molecule has 5 heteroatoms. The molecule has 94 valence electrons. The lowest BCUT2D eigenvalue weighted by atomic mass is 10.0. The Balaban J connectivity index is 2.10. The van der Waals surface area contributed by atoms with E-state index in [0.717, 1.165) is 5.56 Å². The highest BCUT2D eigenvalue weighted by atomic mass is 16.4. The zero-order valence-electron chi connectivity index (χ0n) is 10.3. The molecule has 0 atom stereocenters. The Morgan fingerprint density at radius 1 is 1.28 bits per heavy atom. The minimum Gasteiger partial charge on any atom is -0.474 e. The molecule has 1 heterocycles. The molecule has 0 bridgehead atoms. The van der Waals surface area contributed by atoms with Crippen LogP contribution in [0.5, 0.6) is 0 Å². The molecule has 1 aromatic carbocycles. The van der Waals surface area contributed by atoms with Crippen molar-refractivity contribution >= 4 is 5.97 Å². The van der Waals surface area contributed by atoms with Gasteiger partial charge in [0.25, 0.3) is 0 Å². The van der Waals surface area contributed by atoms with E-state index < -0.39 is 5.97 Å². The highest BCUT2D eigenvalue weighted by Crippen LogP contribution is 2.16. The molecule has 0 fully saturated rings. The summed E-state index contributed by atoms with van der Waals surface area (Å²) in [5.41, 5.74) is 2.27. The number of carboxylic acids is 1. The summed E-state index contributed by atoms with van der Waals surface area (Å²) < 4.78 is 5.00. The Hall–Kier alpha value is -2.17. The maximum Gasteiger partial charge on any atom is 0.393 e. The summed E-state index contributed by atoms with van der Waals surface area (Å²) in [4.78, 5) is 10.6. The summed E-state index contributed by atoms with van der Waals surface area (Å²) >= 11 is 0. The Morgan fingerprint density at radius 2 is 1.94 bits per heavy atom. The molecule has 0 aliphatic heterocycles. The maximum absolute atomic E-state index is 10.6. The molecule has 0 saturated carbocycles. The first-order valence-corrected chi connectivity index (χ1v) is 5.71. The molecule has 0 unspecified atom stereocenters. The molecule has 5 nitrogen and oxygen atoms in total. The SMILES string of the molecule is CC(C)c1ccc(Cc2nnc(C(=O)O)o2)cc1. The van der Waals surface area contributed by atoms with Crippen LogP contribution in [0.1, 0.15) is 47.5 Å². The van der Waals surface area contributed by atoms with Gasteiger partial charge in [-0.05, 0) is 17.0 Å². The number of carboxylic acid groups (broad SMARTS) is 1. The molecule has 0 spiro atoms. The van der Waals surface area contributed by atoms with Gasteiger partial charge in [-0.3, -0.25) is 0 Å². The van der Waals surface area contributed by atoms with Gasteiger partial charge in [0.15, 0.2) is 0 Å². The quantitative estimate of drug-likeness (QED) is 0.896. The zero-order chi connectivity index (χ0) is 13.1. The molecule has 18 heavy (non-hydrogen) atoms. The fraction of sp³-hybridized carbons (Fsp3) is 0.308. The average Bonchev–Trinajstić information content (AvgIpc) is 2.78. The molecular weight excluding hydrogens is 232 g/mol. The Morgan fingerprint density at radius 3 is 2.44 bits per heavy atom. The van der Waals surface area contributed by atoms with E-state index in [1.807, 2.05) is 12.1 Å². The summed E-state index contributed by atoms with van der Waals surface area (Å²) in [6.45, 7) is 4.26. The monoisotopic (exact) mass is 246 g/mol. The number of aromatic carboxylic acids is 1. The molecule has 0 saturated heterocycles. The number of aromatic nitrogens is 2. The van der Waals surface area contributed by atoms with Crippen molar-refractivity contribution in [3.8, 4) is 0 Å². The molecule has 0 aliphatic rings. The van der Waals surface area contributed by atoms with Crippen LogP contribution in [0.3, 0.4) is 0 Å². The second-order valence-electron chi connectivity index (χ2n) is 4.38. The minimum absolute atomic E-state index is 0.310. The minimum atomic E-state index is -1.20. The zero-order valence-corrected chi connectivity index (χ0v) is 10.3. The Labute approximate surface area is 104 Å². The van der Waals surface area contributed by atoms with E-state index >= 15 is 0 Å². The van der Waals surface area contributed by atoms with Crippen LogP contribution in [0.4, 0.5) is 0 Å². The summed E-state index contributed by atoms with van der Waals surface area (Å²) in [7, 11) is 0. The molecule has 0 amide bonds. The van der Waals surface area contributed by atoms with Crippen molar-refractivity contribution in [3.05, 3.63) is 47.2 Å². The van der Waals surface area contributed by atoms with Crippen molar-refractivity contribution in [2.24, 2.45) is 0 Å². The molecule has 0 aliphatic carbocycles. The van der Waals surface area contributed by atoms with Gasteiger partial charge < -0.3 is 9.52 Å². The Kier molecular flexibility index (Phi) is 3.41. The number of hydrogen-bond acceptors (Lipinski definition) is 4. The van der Waals surface area contributed by atoms with Gasteiger partial charge in [0.1, 0.15) is 0 Å². The van der Waals surface area contributed by atoms with Crippen LogP contribution in [-0.2, 0) is 6.42 Å². The van der Waals surface area contributed by atoms with Gasteiger partial charge in [-0.2, -0.15) is 0 Å². The van der Waals surface area contributed by atoms with E-state index in [0.29, 0.717) is 18.2 Å². The number of hydrogen-bond donors (Lipinski definition) is 1. The van der Waals surface area contributed by atoms with E-state index in [2.05, 4.69) is 36.2 Å². The van der Waals surface area contributed by atoms with Crippen molar-refractivity contribution in [1.82, 2.24) is 10.2 Å². The van der Waals surface area contributed by atoms with Crippen LogP contribution in [0.25, 0.3) is 0 Å². The van der Waals surface area contributed by atoms with E-state index in [4.69, 9.17) is 9.52 Å². The first kappa shape index (κ1) is 12.3. The average molecular weight is 246 g/mol. The van der Waals surface area contributed by atoms with Crippen molar-refractivity contribution in [2.75, 3.05) is 0 Å². The smallest absolute Gasteiger partial charge is 0.393 e. The molecule has 0 radical (unpaired) electrons. The summed E-state index contributed by atoms with van der Waals surface area (Å²) in [6, 6.07) is 8.07. The number of benzene rings is 1. The van der Waals surface area contributed by atoms with E-state index in [1.54, 1.807) is 0 Å². The lowest BCUT2D eigenvalue weighted by Gasteiger charge is -2.05. The summed E-state index contributed by atoms with van der Waals surface area (Å²) in [5.74, 6) is -0.779. The van der Waals surface area contributed by atoms with Crippen molar-refractivity contribution in [1.29, 1.82) is 0 Å². The lowest BCUT2D eigenvalue weighted by molar-refractivity contribution is 0.0651. The second kappa shape index (κ2) is 5.00. The Bertz CT molecular complexity index is 544. The van der Waals surface area contributed by atoms with Crippen LogP contribution in [-0.4, -0.2) is 21.3 Å². The van der Waals surface area contributed by atoms with Gasteiger partial charge in [0.05, 0.1) is 6.42 Å². The van der Waals surface area contributed by atoms with Gasteiger partial charge >= 0.3 is 11.9 Å². The van der Waals surface area contributed by atoms with E-state index in [1.165, 1.54) is 5.56 Å². The second-order valence-corrected chi connectivity index (χ2v) is 4.38. The third-order valence-electron chi connectivity index (χ3n) is 2.65. The highest BCUT2D eigenvalue weighted by Gasteiger charge is 2.13. The maximum atomic E-state index is 10.6. The third kappa shape index (κ3) is 2.74. The lowest BCUT2D eigenvalue weighted by Crippen LogP contribution is -1.95. The molecular formula is C13H14N2O3. The van der Waals surface area contributed by atoms with Gasteiger partial charge in [-0.15, -0.1) is 10.2 Å². The van der Waals surface area contributed by atoms with Crippen LogP contribution >= 0.6 is 0 Å². The first-order valence-electron chi connectivity index (χ1n) is 5.71. The third-order valence-corrected chi connectivity index (χ3v) is 2.65. The predicted molar refractivity (Wildman–Crippen MR) is 64.6 cm³/mol. The van der Waals surface area contributed by atoms with Crippen LogP contribution in [0.15, 0.2) is 28.7 Å². The fourth-order valence-corrected chi connectivity index (χ4v) is 1.61. The van der Waals surface area contributed by atoms with Crippen LogP contribution in [0, 0.1) is 0 Å². The van der Waals surface area contributed by atoms with Crippen molar-refractivity contribution in [2.45, 2.75) is 26.2 Å². The number of carbonyl (C=O) groups is 1. The van der Waals surface area contributed by atoms with Crippen LogP contribution < -0.4 is 0 Å². The summed E-state index contributed by atoms with van der Waals surface area (Å²) in [6.07, 6.45) is 0.443. The van der Waals surface area contributed by atoms with E-state index in [9.17, 15) is 4.79 Å². The van der Waals surface area contributed by atoms with E-state index in [-0.39, 0.29) is 5.89 Å². The fourth-order valence-electron chi connectivity index (χ4n) is 1.61. The van der Waals surface area contributed by atoms with Crippen molar-refractivity contribution in [3.63, 3.8) is 0 Å². The molecule has 1 aromatic heterocycles. The molecule has 2 aromatic rings. The number of rotatable bonds is 4. The normalized spacial score (nSPS) is 10.8. The standard InChI is InChI=1S/C13H14N2O3/c1-8(2)10-5-3-9(4-6-10)7-11-14-15-12(18-11)13(16)17/h3-6,8H,7H2,1-2H3,(H,16,17). The topological polar surface area (TPSA) is 76.2 Å². The van der Waals surface area contributed by atoms with Gasteiger partial charge in [-0.25, -0.2) is 4.79 Å². The highest BCUT2D eigenvalue weighted by molar-refractivity contribution is 5.81. The molecule has 1 N–H and O–H groups in total. The van der Waals surface area contributed by atoms with Crippen LogP contribution in [0.2, 0.25) is 0 Å².